The van der Waals surface area contributed by atoms with Gasteiger partial charge in [0.05, 0.1) is 12.0 Å². The van der Waals surface area contributed by atoms with Gasteiger partial charge in [-0.1, -0.05) is 6.42 Å². The number of rotatable bonds is 5. The molecule has 7 heteroatoms. The summed E-state index contributed by atoms with van der Waals surface area (Å²) in [4.78, 5) is -0.0523. The molecule has 3 N–H and O–H groups in total. The van der Waals surface area contributed by atoms with Crippen molar-refractivity contribution in [1.29, 1.82) is 0 Å². The van der Waals surface area contributed by atoms with Gasteiger partial charge in [-0.25, -0.2) is 17.5 Å². The summed E-state index contributed by atoms with van der Waals surface area (Å²) in [6.07, 6.45) is 2.63. The predicted octanol–water partition coefficient (Wildman–Crippen LogP) is 1.55. The second-order valence-corrected chi connectivity index (χ2v) is 7.04. The molecule has 0 amide bonds. The molecule has 0 saturated heterocycles. The van der Waals surface area contributed by atoms with E-state index in [2.05, 4.69) is 4.72 Å². The summed E-state index contributed by atoms with van der Waals surface area (Å²) in [5.41, 5.74) is 5.72. The van der Waals surface area contributed by atoms with E-state index in [-0.39, 0.29) is 28.2 Å². The predicted molar refractivity (Wildman–Crippen MR) is 78.2 cm³/mol. The highest BCUT2D eigenvalue weighted by Crippen LogP contribution is 2.29. The third kappa shape index (κ3) is 3.20. The average Bonchev–Trinajstić information content (AvgIpc) is 2.87. The first kappa shape index (κ1) is 16.2. The molecule has 0 radical (unpaired) electrons. The largest absolute Gasteiger partial charge is 0.494 e. The summed E-state index contributed by atoms with van der Waals surface area (Å²) in [6, 6.07) is 2.52. The number of hydrogen-bond acceptors (Lipinski definition) is 4. The molecule has 1 aromatic carbocycles. The monoisotopic (exact) mass is 316 g/mol. The van der Waals surface area contributed by atoms with Gasteiger partial charge in [0.15, 0.2) is 11.6 Å². The van der Waals surface area contributed by atoms with Gasteiger partial charge in [0.1, 0.15) is 0 Å². The molecule has 2 unspecified atom stereocenters. The summed E-state index contributed by atoms with van der Waals surface area (Å²) in [5.74, 6) is -0.475. The number of methoxy groups -OCH3 is 1. The van der Waals surface area contributed by atoms with Crippen LogP contribution in [-0.4, -0.2) is 28.1 Å². The van der Waals surface area contributed by atoms with Gasteiger partial charge in [0, 0.05) is 11.6 Å². The molecule has 1 aliphatic carbocycles. The maximum absolute atomic E-state index is 14.0. The van der Waals surface area contributed by atoms with E-state index in [4.69, 9.17) is 10.5 Å². The standard InChI is InChI=1S/C14H21FN2O3S/c1-9-13(7-6-12(20-2)14(9)15)21(18,19)17-11-5-3-4-10(11)8-16/h6-7,10-11,17H,3-5,8,16H2,1-2H3. The van der Waals surface area contributed by atoms with Crippen molar-refractivity contribution in [3.63, 3.8) is 0 Å². The molecular weight excluding hydrogens is 295 g/mol. The van der Waals surface area contributed by atoms with Crippen LogP contribution in [0.1, 0.15) is 24.8 Å². The summed E-state index contributed by atoms with van der Waals surface area (Å²) in [7, 11) is -2.42. The Morgan fingerprint density at radius 2 is 2.14 bits per heavy atom. The van der Waals surface area contributed by atoms with Crippen molar-refractivity contribution in [2.24, 2.45) is 11.7 Å². The molecule has 0 spiro atoms. The van der Waals surface area contributed by atoms with Gasteiger partial charge in [-0.3, -0.25) is 0 Å². The van der Waals surface area contributed by atoms with E-state index in [1.54, 1.807) is 0 Å². The fourth-order valence-corrected chi connectivity index (χ4v) is 4.40. The van der Waals surface area contributed by atoms with Gasteiger partial charge >= 0.3 is 0 Å². The second-order valence-electron chi connectivity index (χ2n) is 5.36. The lowest BCUT2D eigenvalue weighted by atomic mass is 10.1. The highest BCUT2D eigenvalue weighted by molar-refractivity contribution is 7.89. The summed E-state index contributed by atoms with van der Waals surface area (Å²) in [6.45, 7) is 1.88. The highest BCUT2D eigenvalue weighted by atomic mass is 32.2. The van der Waals surface area contributed by atoms with Crippen LogP contribution in [0.3, 0.4) is 0 Å². The topological polar surface area (TPSA) is 81.4 Å². The molecule has 0 bridgehead atoms. The van der Waals surface area contributed by atoms with Crippen molar-refractivity contribution in [3.05, 3.63) is 23.5 Å². The Morgan fingerprint density at radius 1 is 1.43 bits per heavy atom. The van der Waals surface area contributed by atoms with Gasteiger partial charge in [0.2, 0.25) is 10.0 Å². The van der Waals surface area contributed by atoms with E-state index in [0.717, 1.165) is 19.3 Å². The molecule has 1 fully saturated rings. The Morgan fingerprint density at radius 3 is 2.76 bits per heavy atom. The van der Waals surface area contributed by atoms with Crippen molar-refractivity contribution in [2.45, 2.75) is 37.1 Å². The molecule has 1 saturated carbocycles. The molecule has 1 aromatic rings. The fraction of sp³-hybridized carbons (Fsp3) is 0.571. The molecule has 2 rings (SSSR count). The van der Waals surface area contributed by atoms with Crippen LogP contribution < -0.4 is 15.2 Å². The van der Waals surface area contributed by atoms with Crippen LogP contribution in [0.4, 0.5) is 4.39 Å². The van der Waals surface area contributed by atoms with Gasteiger partial charge in [-0.05, 0) is 44.4 Å². The van der Waals surface area contributed by atoms with Gasteiger partial charge < -0.3 is 10.5 Å². The van der Waals surface area contributed by atoms with Crippen molar-refractivity contribution < 1.29 is 17.5 Å². The number of hydrogen-bond donors (Lipinski definition) is 2. The van der Waals surface area contributed by atoms with Crippen molar-refractivity contribution in [3.8, 4) is 5.75 Å². The number of nitrogens with one attached hydrogen (secondary N) is 1. The van der Waals surface area contributed by atoms with Gasteiger partial charge in [0.25, 0.3) is 0 Å². The van der Waals surface area contributed by atoms with E-state index in [9.17, 15) is 12.8 Å². The summed E-state index contributed by atoms with van der Waals surface area (Å²) >= 11 is 0. The Bertz CT molecular complexity index is 619. The molecule has 21 heavy (non-hydrogen) atoms. The zero-order valence-corrected chi connectivity index (χ0v) is 13.0. The van der Waals surface area contributed by atoms with Crippen LogP contribution in [-0.2, 0) is 10.0 Å². The zero-order valence-electron chi connectivity index (χ0n) is 12.2. The molecule has 118 valence electrons. The zero-order chi connectivity index (χ0) is 15.6. The second kappa shape index (κ2) is 6.29. The SMILES string of the molecule is COc1ccc(S(=O)(=O)NC2CCCC2CN)c(C)c1F. The van der Waals surface area contributed by atoms with E-state index in [0.29, 0.717) is 6.54 Å². The lowest BCUT2D eigenvalue weighted by Gasteiger charge is -2.20. The lowest BCUT2D eigenvalue weighted by Crippen LogP contribution is -2.40. The van der Waals surface area contributed by atoms with Gasteiger partial charge in [-0.15, -0.1) is 0 Å². The quantitative estimate of drug-likeness (QED) is 0.863. The molecular formula is C14H21FN2O3S. The minimum Gasteiger partial charge on any atom is -0.494 e. The third-order valence-electron chi connectivity index (χ3n) is 4.08. The normalized spacial score (nSPS) is 22.5. The van der Waals surface area contributed by atoms with Crippen molar-refractivity contribution in [1.82, 2.24) is 4.72 Å². The number of nitrogens with two attached hydrogens (primary N) is 1. The van der Waals surface area contributed by atoms with Crippen molar-refractivity contribution >= 4 is 10.0 Å². The number of ether oxygens (including phenoxy) is 1. The van der Waals surface area contributed by atoms with Crippen LogP contribution in [0, 0.1) is 18.7 Å². The average molecular weight is 316 g/mol. The van der Waals surface area contributed by atoms with Crippen LogP contribution in [0.5, 0.6) is 5.75 Å². The number of sulfonamides is 1. The van der Waals surface area contributed by atoms with Gasteiger partial charge in [-0.2, -0.15) is 0 Å². The first-order valence-electron chi connectivity index (χ1n) is 6.96. The Kier molecular flexibility index (Phi) is 4.85. The minimum atomic E-state index is -3.77. The third-order valence-corrected chi connectivity index (χ3v) is 5.71. The Balaban J connectivity index is 2.30. The highest BCUT2D eigenvalue weighted by Gasteiger charge is 2.31. The summed E-state index contributed by atoms with van der Waals surface area (Å²) < 4.78 is 46.5. The molecule has 0 heterocycles. The summed E-state index contributed by atoms with van der Waals surface area (Å²) in [5, 5.41) is 0. The smallest absolute Gasteiger partial charge is 0.241 e. The first-order valence-corrected chi connectivity index (χ1v) is 8.44. The molecule has 1 aliphatic rings. The van der Waals surface area contributed by atoms with Crippen LogP contribution in [0.15, 0.2) is 17.0 Å². The fourth-order valence-electron chi connectivity index (χ4n) is 2.83. The van der Waals surface area contributed by atoms with Crippen LogP contribution >= 0.6 is 0 Å². The van der Waals surface area contributed by atoms with Crippen molar-refractivity contribution in [2.75, 3.05) is 13.7 Å². The lowest BCUT2D eigenvalue weighted by molar-refractivity contribution is 0.383. The molecule has 0 aliphatic heterocycles. The molecule has 0 aromatic heterocycles. The Hall–Kier alpha value is -1.18. The number of benzene rings is 1. The van der Waals surface area contributed by atoms with Crippen LogP contribution in [0.25, 0.3) is 0 Å². The van der Waals surface area contributed by atoms with E-state index in [1.165, 1.54) is 26.2 Å². The first-order chi connectivity index (χ1) is 9.90. The van der Waals surface area contributed by atoms with E-state index >= 15 is 0 Å². The number of halogens is 1. The van der Waals surface area contributed by atoms with E-state index in [1.807, 2.05) is 0 Å². The van der Waals surface area contributed by atoms with E-state index < -0.39 is 15.8 Å². The molecule has 5 nitrogen and oxygen atoms in total. The van der Waals surface area contributed by atoms with Crippen LogP contribution in [0.2, 0.25) is 0 Å². The Labute approximate surface area is 124 Å². The maximum atomic E-state index is 14.0. The minimum absolute atomic E-state index is 0.0344. The maximum Gasteiger partial charge on any atom is 0.241 e. The molecule has 2 atom stereocenters.